The van der Waals surface area contributed by atoms with Crippen LogP contribution < -0.4 is 10.9 Å². The Bertz CT molecular complexity index is 965. The fraction of sp³-hybridized carbons (Fsp3) is 0.381. The summed E-state index contributed by atoms with van der Waals surface area (Å²) in [5, 5.41) is 4.31. The molecule has 1 aliphatic heterocycles. The van der Waals surface area contributed by atoms with Crippen molar-refractivity contribution < 1.29 is 4.79 Å². The smallest absolute Gasteiger partial charge is 0.257 e. The van der Waals surface area contributed by atoms with E-state index in [9.17, 15) is 9.59 Å². The number of carbonyl (C=O) groups is 1. The minimum absolute atomic E-state index is 0.126. The molecule has 2 atom stereocenters. The Morgan fingerprint density at radius 3 is 2.74 bits per heavy atom. The summed E-state index contributed by atoms with van der Waals surface area (Å²) in [5.74, 6) is 0.358. The first-order chi connectivity index (χ1) is 13.1. The van der Waals surface area contributed by atoms with Crippen LogP contribution in [-0.4, -0.2) is 21.0 Å². The van der Waals surface area contributed by atoms with E-state index < -0.39 is 0 Å². The standard InChI is InChI=1S/C21H23N3O2S/c1-3-12(2)27-21-23-19-18(20(26)24-21)16(13-8-5-4-6-9-13)17-14(22-19)10-7-11-15(17)25/h4-6,8-9,12,16H,3,7,10-11H2,1-2H3,(H2,22,23,24,26). The lowest BCUT2D eigenvalue weighted by Crippen LogP contribution is -2.32. The second-order valence-corrected chi connectivity index (χ2v) is 8.53. The van der Waals surface area contributed by atoms with Crippen molar-refractivity contribution in [3.63, 3.8) is 0 Å². The highest BCUT2D eigenvalue weighted by atomic mass is 32.2. The number of nitrogens with one attached hydrogen (secondary N) is 2. The lowest BCUT2D eigenvalue weighted by Gasteiger charge is -2.32. The molecule has 0 spiro atoms. The number of allylic oxidation sites excluding steroid dienone is 2. The van der Waals surface area contributed by atoms with E-state index in [2.05, 4.69) is 24.1 Å². The number of carbonyl (C=O) groups excluding carboxylic acids is 1. The third-order valence-corrected chi connectivity index (χ3v) is 6.41. The number of hydrogen-bond acceptors (Lipinski definition) is 5. The topological polar surface area (TPSA) is 74.8 Å². The molecule has 0 saturated heterocycles. The van der Waals surface area contributed by atoms with E-state index >= 15 is 0 Å². The molecule has 1 aliphatic carbocycles. The van der Waals surface area contributed by atoms with Gasteiger partial charge in [-0.15, -0.1) is 0 Å². The fourth-order valence-corrected chi connectivity index (χ4v) is 4.59. The van der Waals surface area contributed by atoms with Crippen LogP contribution in [0.1, 0.15) is 56.6 Å². The Kier molecular flexibility index (Phi) is 4.91. The molecule has 0 radical (unpaired) electrons. The number of anilines is 1. The molecule has 0 fully saturated rings. The van der Waals surface area contributed by atoms with Crippen LogP contribution in [0, 0.1) is 0 Å². The Hall–Kier alpha value is -2.34. The molecule has 2 unspecified atom stereocenters. The van der Waals surface area contributed by atoms with E-state index in [1.54, 1.807) is 11.8 Å². The van der Waals surface area contributed by atoms with Crippen molar-refractivity contribution in [2.45, 2.75) is 55.9 Å². The number of fused-ring (bicyclic) bond motifs is 1. The number of aromatic amines is 1. The monoisotopic (exact) mass is 381 g/mol. The minimum Gasteiger partial charge on any atom is -0.343 e. The molecule has 0 bridgehead atoms. The maximum atomic E-state index is 13.0. The fourth-order valence-electron chi connectivity index (χ4n) is 3.75. The molecule has 2 heterocycles. The van der Waals surface area contributed by atoms with Gasteiger partial charge in [0.25, 0.3) is 5.56 Å². The van der Waals surface area contributed by atoms with Gasteiger partial charge in [0.2, 0.25) is 0 Å². The van der Waals surface area contributed by atoms with Gasteiger partial charge >= 0.3 is 0 Å². The molecule has 27 heavy (non-hydrogen) atoms. The second-order valence-electron chi connectivity index (χ2n) is 7.11. The maximum Gasteiger partial charge on any atom is 0.257 e. The average molecular weight is 382 g/mol. The van der Waals surface area contributed by atoms with Crippen LogP contribution in [0.5, 0.6) is 0 Å². The molecule has 2 aliphatic rings. The van der Waals surface area contributed by atoms with Crippen LogP contribution in [0.25, 0.3) is 0 Å². The first-order valence-electron chi connectivity index (χ1n) is 9.47. The van der Waals surface area contributed by atoms with Gasteiger partial charge in [-0.25, -0.2) is 4.98 Å². The zero-order chi connectivity index (χ0) is 19.0. The highest BCUT2D eigenvalue weighted by Crippen LogP contribution is 2.43. The quantitative estimate of drug-likeness (QED) is 0.612. The lowest BCUT2D eigenvalue weighted by molar-refractivity contribution is -0.116. The van der Waals surface area contributed by atoms with Gasteiger partial charge in [0.1, 0.15) is 5.82 Å². The van der Waals surface area contributed by atoms with Crippen molar-refractivity contribution in [2.24, 2.45) is 0 Å². The van der Waals surface area contributed by atoms with Crippen LogP contribution in [-0.2, 0) is 4.79 Å². The number of Topliss-reactive ketones (excluding diaryl/α,β-unsaturated/α-hetero) is 1. The van der Waals surface area contributed by atoms with E-state index in [-0.39, 0.29) is 17.3 Å². The van der Waals surface area contributed by atoms with E-state index in [0.717, 1.165) is 36.1 Å². The normalized spacial score (nSPS) is 19.9. The molecule has 0 amide bonds. The molecule has 2 N–H and O–H groups in total. The summed E-state index contributed by atoms with van der Waals surface area (Å²) in [6.07, 6.45) is 3.17. The maximum absolute atomic E-state index is 13.0. The number of thioether (sulfide) groups is 1. The molecule has 6 heteroatoms. The third-order valence-electron chi connectivity index (χ3n) is 5.26. The lowest BCUT2D eigenvalue weighted by atomic mass is 9.76. The largest absolute Gasteiger partial charge is 0.343 e. The van der Waals surface area contributed by atoms with Crippen molar-refractivity contribution in [1.29, 1.82) is 0 Å². The van der Waals surface area contributed by atoms with Crippen molar-refractivity contribution in [1.82, 2.24) is 9.97 Å². The summed E-state index contributed by atoms with van der Waals surface area (Å²) < 4.78 is 0. The second kappa shape index (κ2) is 7.35. The SMILES string of the molecule is CCC(C)Sc1nc2c(c(=O)[nH]1)C(c1ccccc1)C1=C(CCCC1=O)N2. The van der Waals surface area contributed by atoms with Crippen LogP contribution >= 0.6 is 11.8 Å². The van der Waals surface area contributed by atoms with Gasteiger partial charge in [-0.2, -0.15) is 0 Å². The number of nitrogens with zero attached hydrogens (tertiary/aromatic N) is 1. The summed E-state index contributed by atoms with van der Waals surface area (Å²) >= 11 is 1.57. The van der Waals surface area contributed by atoms with Crippen molar-refractivity contribution >= 4 is 23.4 Å². The number of hydrogen-bond donors (Lipinski definition) is 2. The van der Waals surface area contributed by atoms with Gasteiger partial charge in [-0.1, -0.05) is 55.9 Å². The van der Waals surface area contributed by atoms with Gasteiger partial charge in [-0.05, 0) is 24.8 Å². The van der Waals surface area contributed by atoms with Gasteiger partial charge in [0.05, 0.1) is 5.56 Å². The van der Waals surface area contributed by atoms with E-state index in [0.29, 0.717) is 28.2 Å². The third kappa shape index (κ3) is 3.34. The predicted octanol–water partition coefficient (Wildman–Crippen LogP) is 4.23. The van der Waals surface area contributed by atoms with E-state index in [1.165, 1.54) is 0 Å². The highest BCUT2D eigenvalue weighted by Gasteiger charge is 2.37. The Labute approximate surface area is 162 Å². The zero-order valence-electron chi connectivity index (χ0n) is 15.5. The molecule has 5 nitrogen and oxygen atoms in total. The molecule has 1 aromatic carbocycles. The van der Waals surface area contributed by atoms with Gasteiger partial charge in [0, 0.05) is 28.9 Å². The summed E-state index contributed by atoms with van der Waals surface area (Å²) in [6, 6.07) is 9.79. The number of H-pyrrole nitrogens is 1. The van der Waals surface area contributed by atoms with E-state index in [1.807, 2.05) is 30.3 Å². The average Bonchev–Trinajstić information content (AvgIpc) is 2.67. The first-order valence-corrected chi connectivity index (χ1v) is 10.4. The Balaban J connectivity index is 1.88. The summed E-state index contributed by atoms with van der Waals surface area (Å²) in [4.78, 5) is 33.4. The summed E-state index contributed by atoms with van der Waals surface area (Å²) in [6.45, 7) is 4.23. The molecular formula is C21H23N3O2S. The highest BCUT2D eigenvalue weighted by molar-refractivity contribution is 7.99. The van der Waals surface area contributed by atoms with Gasteiger partial charge in [-0.3, -0.25) is 9.59 Å². The molecule has 0 saturated carbocycles. The summed E-state index contributed by atoms with van der Waals surface area (Å²) in [7, 11) is 0. The van der Waals surface area contributed by atoms with Crippen LogP contribution in [0.3, 0.4) is 0 Å². The number of benzene rings is 1. The van der Waals surface area contributed by atoms with Crippen molar-refractivity contribution in [2.75, 3.05) is 5.32 Å². The predicted molar refractivity (Wildman–Crippen MR) is 108 cm³/mol. The first kappa shape index (κ1) is 18.0. The van der Waals surface area contributed by atoms with E-state index in [4.69, 9.17) is 4.98 Å². The number of rotatable bonds is 4. The van der Waals surface area contributed by atoms with Crippen LogP contribution in [0.4, 0.5) is 5.82 Å². The number of ketones is 1. The Morgan fingerprint density at radius 1 is 1.22 bits per heavy atom. The number of aromatic nitrogens is 2. The molecule has 2 aromatic rings. The van der Waals surface area contributed by atoms with Gasteiger partial charge < -0.3 is 10.3 Å². The van der Waals surface area contributed by atoms with Gasteiger partial charge in [0.15, 0.2) is 10.9 Å². The molecule has 4 rings (SSSR count). The molecule has 1 aromatic heterocycles. The van der Waals surface area contributed by atoms with Crippen molar-refractivity contribution in [3.05, 3.63) is 63.1 Å². The van der Waals surface area contributed by atoms with Crippen molar-refractivity contribution in [3.8, 4) is 0 Å². The molecular weight excluding hydrogens is 358 g/mol. The van der Waals surface area contributed by atoms with Crippen LogP contribution in [0.15, 0.2) is 51.6 Å². The minimum atomic E-state index is -0.357. The van der Waals surface area contributed by atoms with Crippen LogP contribution in [0.2, 0.25) is 0 Å². The Morgan fingerprint density at radius 2 is 2.00 bits per heavy atom. The molecule has 140 valence electrons. The zero-order valence-corrected chi connectivity index (χ0v) is 16.4. The summed E-state index contributed by atoms with van der Waals surface area (Å²) in [5.41, 5.74) is 2.98.